The van der Waals surface area contributed by atoms with Crippen LogP contribution in [0.15, 0.2) is 18.2 Å². The Morgan fingerprint density at radius 3 is 2.50 bits per heavy atom. The van der Waals surface area contributed by atoms with E-state index in [4.69, 9.17) is 5.73 Å². The monoisotopic (exact) mass is 229 g/mol. The summed E-state index contributed by atoms with van der Waals surface area (Å²) in [6.07, 6.45) is 0. The lowest BCUT2D eigenvalue weighted by molar-refractivity contribution is -0.0501. The fraction of sp³-hybridized carbons (Fsp3) is 0.364. The predicted molar refractivity (Wildman–Crippen MR) is 56.7 cm³/mol. The highest BCUT2D eigenvalue weighted by Gasteiger charge is 2.18. The number of benzene rings is 1. The van der Waals surface area contributed by atoms with E-state index in [-0.39, 0.29) is 23.0 Å². The number of halogens is 2. The molecule has 0 heterocycles. The fourth-order valence-corrected chi connectivity index (χ4v) is 1.25. The number of alkyl halides is 2. The molecule has 0 saturated heterocycles. The number of nitrogen functional groups attached to an aromatic ring is 1. The average Bonchev–Trinajstić information content (AvgIpc) is 2.18. The highest BCUT2D eigenvalue weighted by Crippen LogP contribution is 2.25. The van der Waals surface area contributed by atoms with Gasteiger partial charge in [0.05, 0.1) is 5.56 Å². The maximum absolute atomic E-state index is 12.1. The van der Waals surface area contributed by atoms with E-state index in [1.54, 1.807) is 13.8 Å². The maximum atomic E-state index is 12.1. The van der Waals surface area contributed by atoms with Gasteiger partial charge in [-0.1, -0.05) is 13.8 Å². The molecule has 0 unspecified atom stereocenters. The largest absolute Gasteiger partial charge is 0.434 e. The summed E-state index contributed by atoms with van der Waals surface area (Å²) < 4.78 is 28.5. The highest BCUT2D eigenvalue weighted by atomic mass is 19.3. The second-order valence-electron chi connectivity index (χ2n) is 3.65. The van der Waals surface area contributed by atoms with Crippen molar-refractivity contribution in [3.63, 3.8) is 0 Å². The fourth-order valence-electron chi connectivity index (χ4n) is 1.25. The standard InChI is InChI=1S/C11H13F2NO2/c1-6(2)10(15)8-5-7(14)3-4-9(8)16-11(12)13/h3-6,11H,14H2,1-2H3. The van der Waals surface area contributed by atoms with Crippen LogP contribution in [-0.2, 0) is 0 Å². The molecule has 1 aromatic rings. The van der Waals surface area contributed by atoms with Gasteiger partial charge in [-0.2, -0.15) is 8.78 Å². The number of anilines is 1. The number of Topliss-reactive ketones (excluding diaryl/α,β-unsaturated/α-hetero) is 1. The van der Waals surface area contributed by atoms with Gasteiger partial charge < -0.3 is 10.5 Å². The van der Waals surface area contributed by atoms with E-state index in [9.17, 15) is 13.6 Å². The Bertz CT molecular complexity index is 392. The van der Waals surface area contributed by atoms with Crippen LogP contribution in [0.4, 0.5) is 14.5 Å². The summed E-state index contributed by atoms with van der Waals surface area (Å²) in [5.74, 6) is -0.715. The second-order valence-corrected chi connectivity index (χ2v) is 3.65. The molecule has 0 saturated carbocycles. The summed E-state index contributed by atoms with van der Waals surface area (Å²) in [7, 11) is 0. The van der Waals surface area contributed by atoms with Crippen molar-refractivity contribution in [2.75, 3.05) is 5.73 Å². The van der Waals surface area contributed by atoms with Gasteiger partial charge in [0, 0.05) is 11.6 Å². The van der Waals surface area contributed by atoms with E-state index in [2.05, 4.69) is 4.74 Å². The van der Waals surface area contributed by atoms with Gasteiger partial charge in [-0.05, 0) is 18.2 Å². The van der Waals surface area contributed by atoms with E-state index in [1.807, 2.05) is 0 Å². The minimum absolute atomic E-state index is 0.0929. The molecular formula is C11H13F2NO2. The van der Waals surface area contributed by atoms with Gasteiger partial charge in [-0.15, -0.1) is 0 Å². The predicted octanol–water partition coefficient (Wildman–Crippen LogP) is 2.71. The van der Waals surface area contributed by atoms with Crippen LogP contribution in [-0.4, -0.2) is 12.4 Å². The van der Waals surface area contributed by atoms with Crippen LogP contribution < -0.4 is 10.5 Å². The van der Waals surface area contributed by atoms with Gasteiger partial charge in [0.25, 0.3) is 0 Å². The van der Waals surface area contributed by atoms with Crippen LogP contribution in [0.25, 0.3) is 0 Å². The first-order chi connectivity index (χ1) is 7.41. The van der Waals surface area contributed by atoms with Gasteiger partial charge in [0.1, 0.15) is 5.75 Å². The SMILES string of the molecule is CC(C)C(=O)c1cc(N)ccc1OC(F)F. The third-order valence-corrected chi connectivity index (χ3v) is 2.01. The van der Waals surface area contributed by atoms with Crippen molar-refractivity contribution in [2.45, 2.75) is 20.5 Å². The molecule has 0 radical (unpaired) electrons. The molecule has 0 spiro atoms. The molecule has 0 aliphatic rings. The molecule has 0 aromatic heterocycles. The minimum Gasteiger partial charge on any atom is -0.434 e. The lowest BCUT2D eigenvalue weighted by Gasteiger charge is -2.12. The molecule has 16 heavy (non-hydrogen) atoms. The van der Waals surface area contributed by atoms with Gasteiger partial charge in [0.2, 0.25) is 0 Å². The number of carbonyl (C=O) groups excluding carboxylic acids is 1. The molecular weight excluding hydrogens is 216 g/mol. The van der Waals surface area contributed by atoms with Crippen LogP contribution >= 0.6 is 0 Å². The van der Waals surface area contributed by atoms with Crippen molar-refractivity contribution < 1.29 is 18.3 Å². The quantitative estimate of drug-likeness (QED) is 0.638. The number of hydrogen-bond donors (Lipinski definition) is 1. The number of hydrogen-bond acceptors (Lipinski definition) is 3. The molecule has 0 bridgehead atoms. The zero-order chi connectivity index (χ0) is 12.3. The van der Waals surface area contributed by atoms with E-state index in [1.165, 1.54) is 18.2 Å². The number of rotatable bonds is 4. The van der Waals surface area contributed by atoms with Crippen LogP contribution in [0.5, 0.6) is 5.75 Å². The molecule has 1 rings (SSSR count). The minimum atomic E-state index is -2.96. The zero-order valence-corrected chi connectivity index (χ0v) is 9.04. The molecule has 0 atom stereocenters. The third kappa shape index (κ3) is 2.92. The Balaban J connectivity index is 3.12. The lowest BCUT2D eigenvalue weighted by Crippen LogP contribution is -2.12. The Morgan fingerprint density at radius 2 is 2.00 bits per heavy atom. The molecule has 0 aliphatic carbocycles. The first kappa shape index (κ1) is 12.4. The summed E-state index contributed by atoms with van der Waals surface area (Å²) in [6, 6.07) is 4.03. The Labute approximate surface area is 92.2 Å². The van der Waals surface area contributed by atoms with Crippen LogP contribution in [0.1, 0.15) is 24.2 Å². The van der Waals surface area contributed by atoms with E-state index < -0.39 is 6.61 Å². The normalized spacial score (nSPS) is 10.9. The average molecular weight is 229 g/mol. The molecule has 0 fully saturated rings. The lowest BCUT2D eigenvalue weighted by atomic mass is 10.00. The first-order valence-corrected chi connectivity index (χ1v) is 4.80. The zero-order valence-electron chi connectivity index (χ0n) is 9.04. The van der Waals surface area contributed by atoms with Crippen LogP contribution in [0.2, 0.25) is 0 Å². The van der Waals surface area contributed by atoms with Crippen LogP contribution in [0.3, 0.4) is 0 Å². The molecule has 1 aromatic carbocycles. The molecule has 2 N–H and O–H groups in total. The summed E-state index contributed by atoms with van der Waals surface area (Å²) in [5, 5.41) is 0. The highest BCUT2D eigenvalue weighted by molar-refractivity contribution is 6.00. The summed E-state index contributed by atoms with van der Waals surface area (Å²) in [4.78, 5) is 11.7. The molecule has 5 heteroatoms. The van der Waals surface area contributed by atoms with Crippen molar-refractivity contribution in [1.29, 1.82) is 0 Å². The van der Waals surface area contributed by atoms with E-state index >= 15 is 0 Å². The maximum Gasteiger partial charge on any atom is 0.387 e. The van der Waals surface area contributed by atoms with Gasteiger partial charge in [-0.25, -0.2) is 0 Å². The topological polar surface area (TPSA) is 52.3 Å². The summed E-state index contributed by atoms with van der Waals surface area (Å²) in [6.45, 7) is 0.400. The van der Waals surface area contributed by atoms with Crippen molar-refractivity contribution >= 4 is 11.5 Å². The number of nitrogens with two attached hydrogens (primary N) is 1. The summed E-state index contributed by atoms with van der Waals surface area (Å²) >= 11 is 0. The van der Waals surface area contributed by atoms with Crippen molar-refractivity contribution in [1.82, 2.24) is 0 Å². The molecule has 88 valence electrons. The Kier molecular flexibility index (Phi) is 3.82. The molecule has 0 amide bonds. The van der Waals surface area contributed by atoms with Gasteiger partial charge in [0.15, 0.2) is 5.78 Å². The van der Waals surface area contributed by atoms with Gasteiger partial charge in [-0.3, -0.25) is 4.79 Å². The van der Waals surface area contributed by atoms with Crippen molar-refractivity contribution in [2.24, 2.45) is 5.92 Å². The number of ether oxygens (including phenoxy) is 1. The van der Waals surface area contributed by atoms with Crippen LogP contribution in [0, 0.1) is 5.92 Å². The Morgan fingerprint density at radius 1 is 1.38 bits per heavy atom. The molecule has 0 aliphatic heterocycles. The van der Waals surface area contributed by atoms with Gasteiger partial charge >= 0.3 is 6.61 Å². The third-order valence-electron chi connectivity index (χ3n) is 2.01. The number of carbonyl (C=O) groups is 1. The summed E-state index contributed by atoms with van der Waals surface area (Å²) in [5.41, 5.74) is 5.93. The first-order valence-electron chi connectivity index (χ1n) is 4.80. The Hall–Kier alpha value is -1.65. The van der Waals surface area contributed by atoms with E-state index in [0.29, 0.717) is 5.69 Å². The van der Waals surface area contributed by atoms with Crippen molar-refractivity contribution in [3.8, 4) is 5.75 Å². The smallest absolute Gasteiger partial charge is 0.387 e. The van der Waals surface area contributed by atoms with Crippen molar-refractivity contribution in [3.05, 3.63) is 23.8 Å². The second kappa shape index (κ2) is 4.92. The van der Waals surface area contributed by atoms with E-state index in [0.717, 1.165) is 0 Å². The number of ketones is 1. The molecule has 3 nitrogen and oxygen atoms in total.